The van der Waals surface area contributed by atoms with Crippen molar-refractivity contribution < 1.29 is 94.3 Å². The van der Waals surface area contributed by atoms with Gasteiger partial charge in [-0.1, -0.05) is 144 Å². The van der Waals surface area contributed by atoms with Crippen LogP contribution in [0.2, 0.25) is 0 Å². The van der Waals surface area contributed by atoms with Crippen LogP contribution in [0.5, 0.6) is 0 Å². The fourth-order valence-corrected chi connectivity index (χ4v) is 7.07. The van der Waals surface area contributed by atoms with Gasteiger partial charge in [0.25, 0.3) is 0 Å². The molecule has 2 aromatic carbocycles. The summed E-state index contributed by atoms with van der Waals surface area (Å²) in [6, 6.07) is 35.1. The smallest absolute Gasteiger partial charge is 0.699 e. The van der Waals surface area contributed by atoms with Crippen molar-refractivity contribution in [3.05, 3.63) is 168 Å². The molecule has 0 aliphatic carbocycles. The van der Waals surface area contributed by atoms with Gasteiger partial charge in [0.1, 0.15) is 0 Å². The van der Waals surface area contributed by atoms with Crippen molar-refractivity contribution in [2.24, 2.45) is 0 Å². The zero-order chi connectivity index (χ0) is 63.3. The van der Waals surface area contributed by atoms with Crippen molar-refractivity contribution in [3.8, 4) is 22.8 Å². The van der Waals surface area contributed by atoms with E-state index in [0.717, 1.165) is 75.6 Å². The molecule has 4 aromatic heterocycles. The van der Waals surface area contributed by atoms with Gasteiger partial charge >= 0.3 is 55.4 Å². The molecular formula is C64H92B2F8N6O4Pd2. The molecule has 4 aliphatic heterocycles. The average molecular weight is 1400 g/mol. The van der Waals surface area contributed by atoms with Crippen LogP contribution in [-0.2, 0) is 81.5 Å². The molecule has 0 bridgehead atoms. The van der Waals surface area contributed by atoms with E-state index in [1.807, 2.05) is 61.2 Å². The molecule has 4 aliphatic rings. The van der Waals surface area contributed by atoms with E-state index in [9.17, 15) is 34.5 Å². The van der Waals surface area contributed by atoms with Gasteiger partial charge < -0.3 is 64.9 Å². The van der Waals surface area contributed by atoms with Crippen molar-refractivity contribution in [1.82, 2.24) is 19.9 Å². The zero-order valence-electron chi connectivity index (χ0n) is 52.2. The molecule has 6 aromatic rings. The number of hydrogen-bond donors (Lipinski definition) is 0. The molecule has 8 heterocycles. The number of nitrogens with zero attached hydrogens (tertiary/aromatic N) is 4. The number of aromatic nitrogens is 4. The maximum absolute atomic E-state index is 9.75. The maximum atomic E-state index is 9.75. The first-order valence-corrected chi connectivity index (χ1v) is 28.6. The van der Waals surface area contributed by atoms with Crippen molar-refractivity contribution in [1.29, 1.82) is 0 Å². The van der Waals surface area contributed by atoms with Gasteiger partial charge in [0, 0.05) is 77.6 Å². The molecule has 86 heavy (non-hydrogen) atoms. The SMILES string of the molecule is C1CCOC1.C1CCOC1.C1CCOC1.C1CCOC1.CC(C)(C)c1ccnc(-c2cc(C(C)(C)C)ccn2)c1.CC(C)(C)c1ccnc(-c2cc(C(C)(C)C)ccn2)c1.F[B-](F)(F)F.F[B-](F)(F)F.[NH-]c1ccccc1.[NH-]c1ccccc1.[Pd+2].[Pd+2]. The molecule has 4 fully saturated rings. The molecule has 0 unspecified atom stereocenters. The van der Waals surface area contributed by atoms with Crippen LogP contribution in [0.3, 0.4) is 0 Å². The second kappa shape index (κ2) is 43.9. The molecule has 10 rings (SSSR count). The van der Waals surface area contributed by atoms with Gasteiger partial charge in [-0.05, 0) is 144 Å². The monoisotopic (exact) mass is 1390 g/mol. The molecule has 0 amide bonds. The summed E-state index contributed by atoms with van der Waals surface area (Å²) < 4.78 is 97.8. The first-order chi connectivity index (χ1) is 39.1. The van der Waals surface area contributed by atoms with Crippen molar-refractivity contribution >= 4 is 25.9 Å². The second-order valence-electron chi connectivity index (χ2n) is 23.7. The standard InChI is InChI=1S/2C18H24N2.2C6H6N.4C4H8O.2BF4.2Pd/c2*1-17(2,3)13-7-9-19-15(11-13)16-12-14(8-10-20-16)18(4,5)6;2*7-6-4-2-1-3-5-6;4*1-2-4-5-3-1;2*2-1(3,4)5;;/h2*7-12H,1-6H3;2*1-5,7H;4*1-4H2;;;;/q;;2*-1;;;;;2*-1;2*+2. The number of halogens is 8. The van der Waals surface area contributed by atoms with Gasteiger partial charge in [0.15, 0.2) is 0 Å². The number of hydrogen-bond acceptors (Lipinski definition) is 8. The Morgan fingerprint density at radius 2 is 0.477 bits per heavy atom. The Hall–Kier alpha value is -4.63. The Bertz CT molecular complexity index is 2270. The summed E-state index contributed by atoms with van der Waals surface area (Å²) in [7, 11) is -12.0. The first-order valence-electron chi connectivity index (χ1n) is 28.6. The van der Waals surface area contributed by atoms with Crippen molar-refractivity contribution in [2.45, 2.75) is 156 Å². The Labute approximate surface area is 536 Å². The van der Waals surface area contributed by atoms with Gasteiger partial charge in [-0.15, -0.1) is 11.4 Å². The van der Waals surface area contributed by atoms with Gasteiger partial charge in [0.2, 0.25) is 0 Å². The minimum atomic E-state index is -6.00. The third kappa shape index (κ3) is 45.6. The van der Waals surface area contributed by atoms with E-state index in [-0.39, 0.29) is 62.5 Å². The number of rotatable bonds is 2. The van der Waals surface area contributed by atoms with Gasteiger partial charge in [-0.25, -0.2) is 0 Å². The number of pyridine rings is 4. The fourth-order valence-electron chi connectivity index (χ4n) is 7.07. The molecular weight excluding hydrogens is 1300 g/mol. The summed E-state index contributed by atoms with van der Waals surface area (Å²) in [5.74, 6) is 0. The van der Waals surface area contributed by atoms with E-state index in [4.69, 9.17) is 30.4 Å². The molecule has 22 heteroatoms. The summed E-state index contributed by atoms with van der Waals surface area (Å²) >= 11 is 0. The Balaban J connectivity index is 0. The Morgan fingerprint density at radius 1 is 0.314 bits per heavy atom. The zero-order valence-corrected chi connectivity index (χ0v) is 55.4. The van der Waals surface area contributed by atoms with Crippen LogP contribution in [0, 0.1) is 0 Å². The quantitative estimate of drug-likeness (QED) is 0.123. The van der Waals surface area contributed by atoms with E-state index in [0.29, 0.717) is 11.4 Å². The molecule has 4 saturated heterocycles. The van der Waals surface area contributed by atoms with E-state index in [1.54, 1.807) is 24.3 Å². The van der Waals surface area contributed by atoms with Gasteiger partial charge in [0.05, 0.1) is 22.8 Å². The molecule has 0 radical (unpaired) electrons. The minimum Gasteiger partial charge on any atom is -0.699 e. The summed E-state index contributed by atoms with van der Waals surface area (Å²) in [4.78, 5) is 17.9. The van der Waals surface area contributed by atoms with Crippen molar-refractivity contribution in [3.63, 3.8) is 0 Å². The van der Waals surface area contributed by atoms with E-state index in [1.165, 1.54) is 73.6 Å². The summed E-state index contributed by atoms with van der Waals surface area (Å²) in [6.07, 6.45) is 17.7. The normalized spacial score (nSPS) is 14.2. The molecule has 0 atom stereocenters. The summed E-state index contributed by atoms with van der Waals surface area (Å²) in [5.41, 5.74) is 24.6. The van der Waals surface area contributed by atoms with Crippen LogP contribution in [-0.4, -0.2) is 87.3 Å². The maximum Gasteiger partial charge on any atom is 2.00 e. The Kier molecular flexibility index (Phi) is 42.6. The van der Waals surface area contributed by atoms with Crippen LogP contribution in [0.4, 0.5) is 45.9 Å². The summed E-state index contributed by atoms with van der Waals surface area (Å²) in [5, 5.41) is 0. The average Bonchev–Trinajstić information content (AvgIpc) is 4.33. The van der Waals surface area contributed by atoms with Crippen LogP contribution >= 0.6 is 0 Å². The number of benzene rings is 2. The van der Waals surface area contributed by atoms with Gasteiger partial charge in [-0.2, -0.15) is 0 Å². The Morgan fingerprint density at radius 3 is 0.581 bits per heavy atom. The van der Waals surface area contributed by atoms with E-state index < -0.39 is 14.5 Å². The van der Waals surface area contributed by atoms with Crippen LogP contribution in [0.1, 0.15) is 157 Å². The molecule has 2 N–H and O–H groups in total. The third-order valence-corrected chi connectivity index (χ3v) is 11.9. The molecule has 10 nitrogen and oxygen atoms in total. The van der Waals surface area contributed by atoms with Crippen LogP contribution in [0.15, 0.2) is 134 Å². The molecule has 0 saturated carbocycles. The summed E-state index contributed by atoms with van der Waals surface area (Å²) in [6.45, 7) is 34.6. The predicted molar refractivity (Wildman–Crippen MR) is 331 cm³/mol. The van der Waals surface area contributed by atoms with Crippen LogP contribution in [0.25, 0.3) is 34.2 Å². The van der Waals surface area contributed by atoms with E-state index in [2.05, 4.69) is 152 Å². The van der Waals surface area contributed by atoms with E-state index >= 15 is 0 Å². The number of ether oxygens (including phenoxy) is 4. The predicted octanol–water partition coefficient (Wildman–Crippen LogP) is 20.0. The van der Waals surface area contributed by atoms with Crippen molar-refractivity contribution in [2.75, 3.05) is 52.9 Å². The number of nitrogens with one attached hydrogen (secondary N) is 2. The van der Waals surface area contributed by atoms with Crippen LogP contribution < -0.4 is 0 Å². The topological polar surface area (TPSA) is 136 Å². The fraction of sp³-hybridized carbons (Fsp3) is 0.500. The largest absolute Gasteiger partial charge is 2.00 e. The minimum absolute atomic E-state index is 0. The molecule has 0 spiro atoms. The second-order valence-corrected chi connectivity index (χ2v) is 23.7. The van der Waals surface area contributed by atoms with Gasteiger partial charge in [-0.3, -0.25) is 19.9 Å². The first kappa shape index (κ1) is 83.4. The molecule has 484 valence electrons. The third-order valence-electron chi connectivity index (χ3n) is 11.9.